The zero-order chi connectivity index (χ0) is 24.4. The molecule has 0 spiro atoms. The van der Waals surface area contributed by atoms with Gasteiger partial charge in [-0.2, -0.15) is 0 Å². The number of ketones is 1. The summed E-state index contributed by atoms with van der Waals surface area (Å²) in [6.45, 7) is 8.64. The van der Waals surface area contributed by atoms with E-state index in [0.717, 1.165) is 16.8 Å². The molecular weight excluding hydrogens is 435 g/mol. The van der Waals surface area contributed by atoms with Crippen LogP contribution >= 0.6 is 0 Å². The lowest BCUT2D eigenvalue weighted by Gasteiger charge is -2.40. The lowest BCUT2D eigenvalue weighted by molar-refractivity contribution is -0.116. The van der Waals surface area contributed by atoms with E-state index in [1.54, 1.807) is 37.3 Å². The average molecular weight is 465 g/mol. The number of nitrogens with one attached hydrogen (secondary N) is 2. The molecule has 0 unspecified atom stereocenters. The summed E-state index contributed by atoms with van der Waals surface area (Å²) in [5.41, 5.74) is 3.28. The number of carbonyl (C=O) groups is 3. The third-order valence-electron chi connectivity index (χ3n) is 6.30. The number of rotatable bonds is 6. The van der Waals surface area contributed by atoms with Crippen LogP contribution in [0, 0.1) is 12.7 Å². The number of benzene rings is 2. The van der Waals surface area contributed by atoms with E-state index in [4.69, 9.17) is 0 Å². The van der Waals surface area contributed by atoms with Gasteiger partial charge in [0.15, 0.2) is 0 Å². The average Bonchev–Trinajstić information content (AvgIpc) is 3.14. The third-order valence-corrected chi connectivity index (χ3v) is 6.30. The predicted octanol–water partition coefficient (Wildman–Crippen LogP) is 3.28. The minimum absolute atomic E-state index is 0.0220. The van der Waals surface area contributed by atoms with Crippen LogP contribution in [0.4, 0.5) is 4.39 Å². The quantitative estimate of drug-likeness (QED) is 0.433. The van der Waals surface area contributed by atoms with Crippen LogP contribution in [0.15, 0.2) is 42.5 Å². The fourth-order valence-corrected chi connectivity index (χ4v) is 4.59. The number of carbonyl (C=O) groups excluding carboxylic acids is 3. The van der Waals surface area contributed by atoms with Gasteiger partial charge in [-0.05, 0) is 56.7 Å². The second-order valence-electron chi connectivity index (χ2n) is 8.78. The largest absolute Gasteiger partial charge is 0.358 e. The van der Waals surface area contributed by atoms with Gasteiger partial charge in [0, 0.05) is 60.9 Å². The highest BCUT2D eigenvalue weighted by molar-refractivity contribution is 6.43. The maximum Gasteiger partial charge on any atom is 0.292 e. The standard InChI is InChI=1S/C26H29FN4O3/c1-4-28-25(33)24(32)19-7-10-22-21(13-19)23(17(3)29-22)26(34)31-12-11-30(14-16(31)2)15-18-5-8-20(27)9-6-18/h5-10,13,16,29H,4,11-12,14-15H2,1-3H3,(H,28,33)/t16-/m1/s1. The van der Waals surface area contributed by atoms with Crippen molar-refractivity contribution in [2.45, 2.75) is 33.4 Å². The normalized spacial score (nSPS) is 16.6. The van der Waals surface area contributed by atoms with Crippen LogP contribution in [0.5, 0.6) is 0 Å². The molecule has 0 bridgehead atoms. The summed E-state index contributed by atoms with van der Waals surface area (Å²) in [5.74, 6) is -1.63. The second kappa shape index (κ2) is 9.77. The second-order valence-corrected chi connectivity index (χ2v) is 8.78. The molecule has 1 atom stereocenters. The lowest BCUT2D eigenvalue weighted by Crippen LogP contribution is -2.53. The van der Waals surface area contributed by atoms with Crippen LogP contribution in [-0.4, -0.2) is 64.6 Å². The fourth-order valence-electron chi connectivity index (χ4n) is 4.59. The molecule has 3 aromatic rings. The number of H-pyrrole nitrogens is 1. The van der Waals surface area contributed by atoms with Crippen molar-refractivity contribution >= 4 is 28.5 Å². The molecule has 2 N–H and O–H groups in total. The zero-order valence-electron chi connectivity index (χ0n) is 19.7. The molecule has 4 rings (SSSR count). The minimum Gasteiger partial charge on any atom is -0.358 e. The number of fused-ring (bicyclic) bond motifs is 1. The van der Waals surface area contributed by atoms with E-state index in [1.165, 1.54) is 12.1 Å². The molecule has 2 amide bonds. The Labute approximate surface area is 197 Å². The van der Waals surface area contributed by atoms with Crippen LogP contribution in [0.3, 0.4) is 0 Å². The Kier molecular flexibility index (Phi) is 6.79. The van der Waals surface area contributed by atoms with E-state index in [9.17, 15) is 18.8 Å². The van der Waals surface area contributed by atoms with Crippen LogP contribution in [0.2, 0.25) is 0 Å². The molecule has 7 nitrogen and oxygen atoms in total. The summed E-state index contributed by atoms with van der Waals surface area (Å²) >= 11 is 0. The van der Waals surface area contributed by atoms with Crippen molar-refractivity contribution in [2.24, 2.45) is 0 Å². The SMILES string of the molecule is CCNC(=O)C(=O)c1ccc2[nH]c(C)c(C(=O)N3CCN(Cc4ccc(F)cc4)C[C@H]3C)c2c1. The van der Waals surface area contributed by atoms with Gasteiger partial charge in [-0.1, -0.05) is 12.1 Å². The molecule has 2 heterocycles. The number of nitrogens with zero attached hydrogens (tertiary/aromatic N) is 2. The van der Waals surface area contributed by atoms with Gasteiger partial charge in [0.2, 0.25) is 5.78 Å². The number of aromatic nitrogens is 1. The molecule has 0 saturated carbocycles. The van der Waals surface area contributed by atoms with Crippen molar-refractivity contribution in [1.82, 2.24) is 20.1 Å². The Morgan fingerprint density at radius 1 is 1.12 bits per heavy atom. The molecule has 2 aromatic carbocycles. The molecule has 1 aromatic heterocycles. The highest BCUT2D eigenvalue weighted by Crippen LogP contribution is 2.27. The van der Waals surface area contributed by atoms with Crippen LogP contribution < -0.4 is 5.32 Å². The van der Waals surface area contributed by atoms with Crippen molar-refractivity contribution in [3.05, 3.63) is 70.7 Å². The molecule has 1 fully saturated rings. The molecule has 0 aliphatic carbocycles. The van der Waals surface area contributed by atoms with Crippen LogP contribution in [0.25, 0.3) is 10.9 Å². The highest BCUT2D eigenvalue weighted by atomic mass is 19.1. The molecule has 178 valence electrons. The number of halogens is 1. The van der Waals surface area contributed by atoms with Crippen molar-refractivity contribution < 1.29 is 18.8 Å². The molecule has 1 aliphatic rings. The molecule has 1 saturated heterocycles. The number of piperazine rings is 1. The summed E-state index contributed by atoms with van der Waals surface area (Å²) in [4.78, 5) is 45.4. The summed E-state index contributed by atoms with van der Waals surface area (Å²) < 4.78 is 13.2. The first-order chi connectivity index (χ1) is 16.3. The molecular formula is C26H29FN4O3. The summed E-state index contributed by atoms with van der Waals surface area (Å²) in [6, 6.07) is 11.4. The number of aryl methyl sites for hydroxylation is 1. The van der Waals surface area contributed by atoms with Gasteiger partial charge in [-0.15, -0.1) is 0 Å². The molecule has 1 aliphatic heterocycles. The number of aromatic amines is 1. The van der Waals surface area contributed by atoms with E-state index in [0.29, 0.717) is 43.7 Å². The maximum atomic E-state index is 13.6. The van der Waals surface area contributed by atoms with Crippen molar-refractivity contribution in [3.63, 3.8) is 0 Å². The van der Waals surface area contributed by atoms with Gasteiger partial charge >= 0.3 is 0 Å². The molecule has 8 heteroatoms. The summed E-state index contributed by atoms with van der Waals surface area (Å²) in [7, 11) is 0. The Balaban J connectivity index is 1.53. The number of hydrogen-bond acceptors (Lipinski definition) is 4. The van der Waals surface area contributed by atoms with Crippen molar-refractivity contribution in [2.75, 3.05) is 26.2 Å². The van der Waals surface area contributed by atoms with Crippen molar-refractivity contribution in [1.29, 1.82) is 0 Å². The third kappa shape index (κ3) is 4.72. The summed E-state index contributed by atoms with van der Waals surface area (Å²) in [6.07, 6.45) is 0. The smallest absolute Gasteiger partial charge is 0.292 e. The van der Waals surface area contributed by atoms with E-state index in [1.807, 2.05) is 18.7 Å². The number of likely N-dealkylation sites (N-methyl/N-ethyl adjacent to an activating group) is 1. The molecule has 34 heavy (non-hydrogen) atoms. The van der Waals surface area contributed by atoms with E-state index >= 15 is 0 Å². The fraction of sp³-hybridized carbons (Fsp3) is 0.346. The van der Waals surface area contributed by atoms with E-state index in [2.05, 4.69) is 15.2 Å². The van der Waals surface area contributed by atoms with Gasteiger partial charge in [0.25, 0.3) is 11.8 Å². The van der Waals surface area contributed by atoms with Crippen LogP contribution in [0.1, 0.15) is 45.8 Å². The first-order valence-corrected chi connectivity index (χ1v) is 11.5. The number of amides is 2. The number of Topliss-reactive ketones (excluding diaryl/α,β-unsaturated/α-hetero) is 1. The lowest BCUT2D eigenvalue weighted by atomic mass is 10.0. The Morgan fingerprint density at radius 2 is 1.85 bits per heavy atom. The maximum absolute atomic E-state index is 13.6. The monoisotopic (exact) mass is 464 g/mol. The zero-order valence-corrected chi connectivity index (χ0v) is 19.7. The topological polar surface area (TPSA) is 85.5 Å². The number of hydrogen-bond donors (Lipinski definition) is 2. The van der Waals surface area contributed by atoms with E-state index in [-0.39, 0.29) is 23.3 Å². The highest BCUT2D eigenvalue weighted by Gasteiger charge is 2.31. The minimum atomic E-state index is -0.659. The van der Waals surface area contributed by atoms with Gasteiger partial charge in [0.05, 0.1) is 5.56 Å². The Hall–Kier alpha value is -3.52. The van der Waals surface area contributed by atoms with Gasteiger partial charge in [0.1, 0.15) is 5.82 Å². The molecule has 0 radical (unpaired) electrons. The Bertz CT molecular complexity index is 1230. The van der Waals surface area contributed by atoms with Gasteiger partial charge in [-0.3, -0.25) is 19.3 Å². The van der Waals surface area contributed by atoms with Crippen LogP contribution in [-0.2, 0) is 11.3 Å². The summed E-state index contributed by atoms with van der Waals surface area (Å²) in [5, 5.41) is 3.16. The van der Waals surface area contributed by atoms with E-state index < -0.39 is 11.7 Å². The first-order valence-electron chi connectivity index (χ1n) is 11.5. The predicted molar refractivity (Wildman–Crippen MR) is 128 cm³/mol. The van der Waals surface area contributed by atoms with Gasteiger partial charge < -0.3 is 15.2 Å². The first kappa shape index (κ1) is 23.6. The Morgan fingerprint density at radius 3 is 2.53 bits per heavy atom. The van der Waals surface area contributed by atoms with Crippen molar-refractivity contribution in [3.8, 4) is 0 Å². The van der Waals surface area contributed by atoms with Gasteiger partial charge in [-0.25, -0.2) is 4.39 Å².